The van der Waals surface area contributed by atoms with E-state index in [0.29, 0.717) is 0 Å². The van der Waals surface area contributed by atoms with Crippen LogP contribution in [0.5, 0.6) is 0 Å². The Morgan fingerprint density at radius 3 is 1.04 bits per heavy atom. The van der Waals surface area contributed by atoms with Crippen LogP contribution in [0.25, 0.3) is 0 Å². The van der Waals surface area contributed by atoms with E-state index < -0.39 is 21.8 Å². The molecule has 25 heavy (non-hydrogen) atoms. The summed E-state index contributed by atoms with van der Waals surface area (Å²) in [6.45, 7) is 0. The molecule has 2 aromatic rings. The summed E-state index contributed by atoms with van der Waals surface area (Å²) in [4.78, 5) is 39.5. The molecule has 0 bridgehead atoms. The Hall–Kier alpha value is -3.65. The van der Waals surface area contributed by atoms with E-state index >= 15 is 0 Å². The predicted octanol–water partition coefficient (Wildman–Crippen LogP) is -0.464. The molecular weight excluding hydrogens is 333 g/mol. The van der Waals surface area contributed by atoms with Gasteiger partial charge in [-0.1, -0.05) is 0 Å². The number of carbonyl (C=O) groups excluding carboxylic acids is 2. The Balaban J connectivity index is 0.000000443. The molecule has 0 aromatic heterocycles. The first-order chi connectivity index (χ1) is 11.2. The third-order valence-corrected chi connectivity index (χ3v) is 2.63. The molecule has 0 radical (unpaired) electrons. The van der Waals surface area contributed by atoms with Crippen LogP contribution < -0.4 is 10.2 Å². The number of carbonyl (C=O) groups is 2. The van der Waals surface area contributed by atoms with Crippen LogP contribution in [0.15, 0.2) is 48.5 Å². The van der Waals surface area contributed by atoms with Crippen LogP contribution in [-0.4, -0.2) is 31.9 Å². The third-order valence-electron chi connectivity index (χ3n) is 2.63. The van der Waals surface area contributed by atoms with Crippen LogP contribution in [0.2, 0.25) is 0 Å². The van der Waals surface area contributed by atoms with Crippen LogP contribution in [0.1, 0.15) is 20.7 Å². The van der Waals surface area contributed by atoms with E-state index in [0.717, 1.165) is 48.5 Å². The maximum atomic E-state index is 10.2. The smallest absolute Gasteiger partial charge is 0.545 e. The van der Waals surface area contributed by atoms with E-state index in [1.807, 2.05) is 0 Å². The van der Waals surface area contributed by atoms with Crippen molar-refractivity contribution in [3.63, 3.8) is 0 Å². The fourth-order valence-electron chi connectivity index (χ4n) is 1.44. The number of nitrogens with zero attached hydrogens (tertiary/aromatic N) is 2. The zero-order chi connectivity index (χ0) is 18.3. The number of non-ortho nitro benzene ring substituents is 2. The fraction of sp³-hybridized carbons (Fsp3) is 0. The monoisotopic (exact) mass is 341 g/mol. The SMILES string of the molecule is O=C([O-])c1ccc([N+](=O)[O-])cc1.O=C([O-])c1ccc([N+](=O)[O-])cc1.[Be+2]. The van der Waals surface area contributed by atoms with Crippen molar-refractivity contribution in [2.24, 2.45) is 0 Å². The first-order valence-corrected chi connectivity index (χ1v) is 6.14. The molecular formula is C14H8BeN2O8. The molecule has 2 aromatic carbocycles. The van der Waals surface area contributed by atoms with E-state index in [1.165, 1.54) is 0 Å². The quantitative estimate of drug-likeness (QED) is 0.409. The topological polar surface area (TPSA) is 167 Å². The number of rotatable bonds is 4. The molecule has 0 fully saturated rings. The van der Waals surface area contributed by atoms with Crippen molar-refractivity contribution in [3.8, 4) is 0 Å². The molecule has 10 nitrogen and oxygen atoms in total. The number of nitro benzene ring substituents is 2. The number of aromatic carboxylic acids is 2. The van der Waals surface area contributed by atoms with Gasteiger partial charge in [-0.25, -0.2) is 0 Å². The minimum atomic E-state index is -1.34. The zero-order valence-electron chi connectivity index (χ0n) is 12.5. The molecule has 124 valence electrons. The molecule has 0 unspecified atom stereocenters. The van der Waals surface area contributed by atoms with E-state index in [-0.39, 0.29) is 32.6 Å². The summed E-state index contributed by atoms with van der Waals surface area (Å²) in [7, 11) is 0. The molecule has 0 aliphatic carbocycles. The standard InChI is InChI=1S/2C7H5NO4.Be/c2*9-7(10)5-1-3-6(4-2-5)8(11)12;/h2*1-4H,(H,9,10);/q;;+2/p-2. The van der Waals surface area contributed by atoms with Gasteiger partial charge in [0.2, 0.25) is 0 Å². The van der Waals surface area contributed by atoms with Gasteiger partial charge in [-0.2, -0.15) is 0 Å². The molecule has 0 spiro atoms. The Labute approximate surface area is 143 Å². The summed E-state index contributed by atoms with van der Waals surface area (Å²) < 4.78 is 0. The molecule has 2 rings (SSSR count). The predicted molar refractivity (Wildman–Crippen MR) is 80.6 cm³/mol. The number of nitro groups is 2. The van der Waals surface area contributed by atoms with E-state index in [2.05, 4.69) is 0 Å². The number of carboxylic acids is 2. The van der Waals surface area contributed by atoms with Gasteiger partial charge in [-0.3, -0.25) is 20.2 Å². The van der Waals surface area contributed by atoms with Gasteiger partial charge < -0.3 is 19.8 Å². The molecule has 0 N–H and O–H groups in total. The molecule has 11 heteroatoms. The molecule has 0 saturated carbocycles. The first kappa shape index (κ1) is 21.3. The van der Waals surface area contributed by atoms with Crippen LogP contribution >= 0.6 is 0 Å². The first-order valence-electron chi connectivity index (χ1n) is 6.14. The van der Waals surface area contributed by atoms with Gasteiger partial charge in [0.15, 0.2) is 0 Å². The summed E-state index contributed by atoms with van der Waals surface area (Å²) in [5.74, 6) is -2.69. The van der Waals surface area contributed by atoms with Gasteiger partial charge in [0.25, 0.3) is 11.4 Å². The van der Waals surface area contributed by atoms with Gasteiger partial charge in [0.1, 0.15) is 0 Å². The van der Waals surface area contributed by atoms with Gasteiger partial charge in [-0.15, -0.1) is 0 Å². The molecule has 0 aliphatic heterocycles. The van der Waals surface area contributed by atoms with Crippen LogP contribution in [-0.2, 0) is 0 Å². The van der Waals surface area contributed by atoms with Crippen LogP contribution in [0, 0.1) is 20.2 Å². The van der Waals surface area contributed by atoms with Crippen LogP contribution in [0.3, 0.4) is 0 Å². The molecule has 0 saturated heterocycles. The van der Waals surface area contributed by atoms with Gasteiger partial charge >= 0.3 is 10.1 Å². The molecule has 0 aliphatic rings. The average molecular weight is 341 g/mol. The molecule has 0 atom stereocenters. The number of hydrogen-bond acceptors (Lipinski definition) is 8. The van der Waals surface area contributed by atoms with E-state index in [1.54, 1.807) is 0 Å². The summed E-state index contributed by atoms with van der Waals surface area (Å²) in [6, 6.07) is 8.99. The Morgan fingerprint density at radius 1 is 0.640 bits per heavy atom. The second-order valence-corrected chi connectivity index (χ2v) is 4.18. The van der Waals surface area contributed by atoms with Crippen molar-refractivity contribution < 1.29 is 29.6 Å². The van der Waals surface area contributed by atoms with Gasteiger partial charge in [-0.05, 0) is 35.4 Å². The van der Waals surface area contributed by atoms with Crippen molar-refractivity contribution >= 4 is 33.4 Å². The summed E-state index contributed by atoms with van der Waals surface area (Å²) in [5, 5.41) is 40.7. The zero-order valence-corrected chi connectivity index (χ0v) is 12.5. The van der Waals surface area contributed by atoms with Crippen LogP contribution in [0.4, 0.5) is 11.4 Å². The Morgan fingerprint density at radius 2 is 0.880 bits per heavy atom. The van der Waals surface area contributed by atoms with Crippen molar-refractivity contribution in [3.05, 3.63) is 79.9 Å². The fourth-order valence-corrected chi connectivity index (χ4v) is 1.44. The normalized spacial score (nSPS) is 8.96. The largest absolute Gasteiger partial charge is 2.00 e. The van der Waals surface area contributed by atoms with E-state index in [9.17, 15) is 40.0 Å². The second kappa shape index (κ2) is 9.48. The maximum absolute atomic E-state index is 10.2. The van der Waals surface area contributed by atoms with E-state index in [4.69, 9.17) is 0 Å². The Kier molecular flexibility index (Phi) is 8.09. The minimum Gasteiger partial charge on any atom is -0.545 e. The van der Waals surface area contributed by atoms with Crippen molar-refractivity contribution in [1.82, 2.24) is 0 Å². The maximum Gasteiger partial charge on any atom is 2.00 e. The van der Waals surface area contributed by atoms with Crippen molar-refractivity contribution in [2.45, 2.75) is 0 Å². The van der Waals surface area contributed by atoms with Crippen molar-refractivity contribution in [1.29, 1.82) is 0 Å². The number of hydrogen-bond donors (Lipinski definition) is 0. The van der Waals surface area contributed by atoms with Crippen molar-refractivity contribution in [2.75, 3.05) is 0 Å². The average Bonchev–Trinajstić information content (AvgIpc) is 2.55. The third kappa shape index (κ3) is 6.55. The number of benzene rings is 2. The molecule has 0 amide bonds. The summed E-state index contributed by atoms with van der Waals surface area (Å²) >= 11 is 0. The van der Waals surface area contributed by atoms with Gasteiger partial charge in [0.05, 0.1) is 21.8 Å². The Bertz CT molecular complexity index is 641. The number of carboxylic acid groups (broad SMARTS) is 2. The molecule has 0 heterocycles. The second-order valence-electron chi connectivity index (χ2n) is 4.18. The van der Waals surface area contributed by atoms with Gasteiger partial charge in [0, 0.05) is 24.3 Å². The summed E-state index contributed by atoms with van der Waals surface area (Å²) in [5.41, 5.74) is -0.416. The summed E-state index contributed by atoms with van der Waals surface area (Å²) in [6.07, 6.45) is 0. The minimum absolute atomic E-state index is 0.